The Labute approximate surface area is 142 Å². The molecular formula is C18H22ClNO3. The molecule has 0 saturated carbocycles. The number of benzene rings is 1. The quantitative estimate of drug-likeness (QED) is 0.775. The second-order valence-corrected chi connectivity index (χ2v) is 6.96. The van der Waals surface area contributed by atoms with Crippen LogP contribution in [0.15, 0.2) is 18.2 Å². The highest BCUT2D eigenvalue weighted by Crippen LogP contribution is 2.38. The summed E-state index contributed by atoms with van der Waals surface area (Å²) in [5.74, 6) is 2.38. The number of hydrogen-bond donors (Lipinski definition) is 0. The Kier molecular flexibility index (Phi) is 4.81. The third-order valence-corrected chi connectivity index (χ3v) is 4.50. The van der Waals surface area contributed by atoms with E-state index >= 15 is 0 Å². The van der Waals surface area contributed by atoms with Gasteiger partial charge in [0, 0.05) is 19.2 Å². The predicted octanol–water partition coefficient (Wildman–Crippen LogP) is 3.63. The van der Waals surface area contributed by atoms with Crippen molar-refractivity contribution in [3.8, 4) is 11.5 Å². The molecule has 0 N–H and O–H groups in total. The molecule has 3 rings (SSSR count). The predicted molar refractivity (Wildman–Crippen MR) is 91.0 cm³/mol. The van der Waals surface area contributed by atoms with E-state index in [4.69, 9.17) is 21.1 Å². The molecule has 2 heterocycles. The summed E-state index contributed by atoms with van der Waals surface area (Å²) in [5, 5.41) is 0.509. The highest BCUT2D eigenvalue weighted by Gasteiger charge is 2.24. The normalized spacial score (nSPS) is 24.0. The maximum absolute atomic E-state index is 12.4. The Bertz CT molecular complexity index is 619. The van der Waals surface area contributed by atoms with Crippen molar-refractivity contribution >= 4 is 23.6 Å². The van der Waals surface area contributed by atoms with Gasteiger partial charge in [-0.1, -0.05) is 25.4 Å². The van der Waals surface area contributed by atoms with Crippen LogP contribution in [0.1, 0.15) is 25.8 Å². The van der Waals surface area contributed by atoms with E-state index in [1.807, 2.05) is 11.0 Å². The number of hydrogen-bond acceptors (Lipinski definition) is 3. The average molecular weight is 336 g/mol. The van der Waals surface area contributed by atoms with Crippen LogP contribution in [0, 0.1) is 11.8 Å². The molecular weight excluding hydrogens is 314 g/mol. The summed E-state index contributed by atoms with van der Waals surface area (Å²) in [6, 6.07) is 3.64. The van der Waals surface area contributed by atoms with E-state index in [0.29, 0.717) is 41.6 Å². The zero-order chi connectivity index (χ0) is 16.4. The summed E-state index contributed by atoms with van der Waals surface area (Å²) in [5.41, 5.74) is 0.839. The summed E-state index contributed by atoms with van der Waals surface area (Å²) < 4.78 is 11.1. The molecule has 0 aromatic heterocycles. The van der Waals surface area contributed by atoms with Crippen molar-refractivity contribution in [3.63, 3.8) is 0 Å². The van der Waals surface area contributed by atoms with Crippen molar-refractivity contribution in [1.29, 1.82) is 0 Å². The first-order valence-corrected chi connectivity index (χ1v) is 8.47. The molecule has 1 fully saturated rings. The number of nitrogens with zero attached hydrogens (tertiary/aromatic N) is 1. The van der Waals surface area contributed by atoms with E-state index in [1.165, 1.54) is 6.42 Å². The Hall–Kier alpha value is -1.68. The van der Waals surface area contributed by atoms with Crippen molar-refractivity contribution in [1.82, 2.24) is 4.90 Å². The second kappa shape index (κ2) is 6.83. The highest BCUT2D eigenvalue weighted by molar-refractivity contribution is 6.32. The zero-order valence-corrected chi connectivity index (χ0v) is 14.3. The topological polar surface area (TPSA) is 38.8 Å². The number of likely N-dealkylation sites (tertiary alicyclic amines) is 1. The van der Waals surface area contributed by atoms with Crippen LogP contribution in [-0.2, 0) is 4.79 Å². The number of amides is 1. The molecule has 5 heteroatoms. The molecule has 1 amide bonds. The minimum absolute atomic E-state index is 0.0504. The molecule has 1 saturated heterocycles. The number of rotatable bonds is 2. The SMILES string of the molecule is CC1CC(C)CN(C(=O)/C=C/c2cc(Cl)c3c(c2)OCCO3)C1. The van der Waals surface area contributed by atoms with Gasteiger partial charge in [-0.15, -0.1) is 0 Å². The Balaban J connectivity index is 1.72. The fraction of sp³-hybridized carbons (Fsp3) is 0.500. The molecule has 4 nitrogen and oxygen atoms in total. The molecule has 2 aliphatic rings. The zero-order valence-electron chi connectivity index (χ0n) is 13.5. The first kappa shape index (κ1) is 16.2. The number of carbonyl (C=O) groups excluding carboxylic acids is 1. The van der Waals surface area contributed by atoms with E-state index in [1.54, 1.807) is 18.2 Å². The van der Waals surface area contributed by atoms with Crippen LogP contribution in [0.3, 0.4) is 0 Å². The van der Waals surface area contributed by atoms with Crippen LogP contribution in [0.4, 0.5) is 0 Å². The lowest BCUT2D eigenvalue weighted by molar-refractivity contribution is -0.128. The lowest BCUT2D eigenvalue weighted by atomic mass is 9.92. The van der Waals surface area contributed by atoms with Crippen LogP contribution in [0.25, 0.3) is 6.08 Å². The van der Waals surface area contributed by atoms with E-state index in [0.717, 1.165) is 18.7 Å². The largest absolute Gasteiger partial charge is 0.486 e. The summed E-state index contributed by atoms with van der Waals surface area (Å²) >= 11 is 6.22. The molecule has 0 spiro atoms. The van der Waals surface area contributed by atoms with Crippen LogP contribution >= 0.6 is 11.6 Å². The minimum atomic E-state index is 0.0504. The molecule has 2 atom stereocenters. The van der Waals surface area contributed by atoms with Gasteiger partial charge in [-0.05, 0) is 42.0 Å². The van der Waals surface area contributed by atoms with Gasteiger partial charge in [0.2, 0.25) is 5.91 Å². The highest BCUT2D eigenvalue weighted by atomic mass is 35.5. The Morgan fingerprint density at radius 1 is 1.22 bits per heavy atom. The van der Waals surface area contributed by atoms with Crippen molar-refractivity contribution < 1.29 is 14.3 Å². The standard InChI is InChI=1S/C18H22ClNO3/c1-12-7-13(2)11-20(10-12)17(21)4-3-14-8-15(19)18-16(9-14)22-5-6-23-18/h3-4,8-9,12-13H,5-7,10-11H2,1-2H3/b4-3+. The van der Waals surface area contributed by atoms with Crippen molar-refractivity contribution in [2.45, 2.75) is 20.3 Å². The molecule has 1 aromatic rings. The van der Waals surface area contributed by atoms with Crippen LogP contribution in [0.2, 0.25) is 5.02 Å². The molecule has 0 radical (unpaired) electrons. The van der Waals surface area contributed by atoms with Gasteiger partial charge < -0.3 is 14.4 Å². The monoisotopic (exact) mass is 335 g/mol. The summed E-state index contributed by atoms with van der Waals surface area (Å²) in [4.78, 5) is 14.3. The Morgan fingerprint density at radius 3 is 2.65 bits per heavy atom. The van der Waals surface area contributed by atoms with Gasteiger partial charge in [-0.2, -0.15) is 0 Å². The lowest BCUT2D eigenvalue weighted by Gasteiger charge is -2.34. The second-order valence-electron chi connectivity index (χ2n) is 6.55. The van der Waals surface area contributed by atoms with Gasteiger partial charge in [0.15, 0.2) is 11.5 Å². The molecule has 0 bridgehead atoms. The minimum Gasteiger partial charge on any atom is -0.486 e. The first-order valence-electron chi connectivity index (χ1n) is 8.09. The van der Waals surface area contributed by atoms with Crippen LogP contribution in [-0.4, -0.2) is 37.1 Å². The summed E-state index contributed by atoms with van der Waals surface area (Å²) in [6.07, 6.45) is 4.59. The van der Waals surface area contributed by atoms with Gasteiger partial charge >= 0.3 is 0 Å². The smallest absolute Gasteiger partial charge is 0.246 e. The third-order valence-electron chi connectivity index (χ3n) is 4.22. The maximum Gasteiger partial charge on any atom is 0.246 e. The van der Waals surface area contributed by atoms with Crippen molar-refractivity contribution in [3.05, 3.63) is 28.8 Å². The molecule has 0 aliphatic carbocycles. The fourth-order valence-electron chi connectivity index (χ4n) is 3.34. The third kappa shape index (κ3) is 3.81. The molecule has 2 unspecified atom stereocenters. The summed E-state index contributed by atoms with van der Waals surface area (Å²) in [6.45, 7) is 7.07. The molecule has 2 aliphatic heterocycles. The van der Waals surface area contributed by atoms with E-state index < -0.39 is 0 Å². The number of halogens is 1. The van der Waals surface area contributed by atoms with Gasteiger partial charge in [0.05, 0.1) is 5.02 Å². The van der Waals surface area contributed by atoms with Crippen molar-refractivity contribution in [2.24, 2.45) is 11.8 Å². The number of fused-ring (bicyclic) bond motifs is 1. The fourth-order valence-corrected chi connectivity index (χ4v) is 3.62. The molecule has 1 aromatic carbocycles. The Morgan fingerprint density at radius 2 is 1.91 bits per heavy atom. The van der Waals surface area contributed by atoms with Gasteiger partial charge in [0.1, 0.15) is 13.2 Å². The van der Waals surface area contributed by atoms with Gasteiger partial charge in [-0.25, -0.2) is 0 Å². The van der Waals surface area contributed by atoms with Gasteiger partial charge in [0.25, 0.3) is 0 Å². The van der Waals surface area contributed by atoms with Crippen LogP contribution in [0.5, 0.6) is 11.5 Å². The number of piperidine rings is 1. The van der Waals surface area contributed by atoms with E-state index in [-0.39, 0.29) is 5.91 Å². The van der Waals surface area contributed by atoms with E-state index in [9.17, 15) is 4.79 Å². The van der Waals surface area contributed by atoms with Gasteiger partial charge in [-0.3, -0.25) is 4.79 Å². The average Bonchev–Trinajstić information content (AvgIpc) is 2.52. The van der Waals surface area contributed by atoms with Crippen molar-refractivity contribution in [2.75, 3.05) is 26.3 Å². The first-order chi connectivity index (χ1) is 11.0. The molecule has 124 valence electrons. The number of ether oxygens (including phenoxy) is 2. The lowest BCUT2D eigenvalue weighted by Crippen LogP contribution is -2.41. The molecule has 23 heavy (non-hydrogen) atoms. The summed E-state index contributed by atoms with van der Waals surface area (Å²) in [7, 11) is 0. The maximum atomic E-state index is 12.4. The van der Waals surface area contributed by atoms with E-state index in [2.05, 4.69) is 13.8 Å². The van der Waals surface area contributed by atoms with Crippen LogP contribution < -0.4 is 9.47 Å². The number of carbonyl (C=O) groups is 1.